The third-order valence-corrected chi connectivity index (χ3v) is 8.12. The standard InChI is InChI=1S/C19H21ClIN3O3S/c1-4-7-19(8-9-19)28(26,27)23-16-11-24(3)18(25)12(2)17(16)22-15-6-5-13(21)10-14(15)20/h4-6,10-11,22-23H,1,7-9H2,2-3H3. The predicted octanol–water partition coefficient (Wildman–Crippen LogP) is 4.55. The molecule has 1 heterocycles. The van der Waals surface area contributed by atoms with E-state index in [9.17, 15) is 13.2 Å². The minimum Gasteiger partial charge on any atom is -0.352 e. The lowest BCUT2D eigenvalue weighted by Crippen LogP contribution is -2.31. The molecule has 1 fully saturated rings. The fraction of sp³-hybridized carbons (Fsp3) is 0.316. The molecule has 2 aromatic rings. The van der Waals surface area contributed by atoms with E-state index in [1.165, 1.54) is 10.8 Å². The first-order chi connectivity index (χ1) is 13.1. The van der Waals surface area contributed by atoms with Crippen molar-refractivity contribution in [1.29, 1.82) is 0 Å². The lowest BCUT2D eigenvalue weighted by molar-refractivity contribution is 0.582. The molecule has 0 saturated heterocycles. The highest BCUT2D eigenvalue weighted by atomic mass is 127. The molecular weight excluding hydrogens is 513 g/mol. The van der Waals surface area contributed by atoms with E-state index < -0.39 is 14.8 Å². The van der Waals surface area contributed by atoms with Crippen molar-refractivity contribution in [2.24, 2.45) is 7.05 Å². The molecule has 0 radical (unpaired) electrons. The summed E-state index contributed by atoms with van der Waals surface area (Å²) < 4.78 is 30.2. The van der Waals surface area contributed by atoms with Crippen LogP contribution < -0.4 is 15.6 Å². The number of anilines is 3. The molecule has 0 spiro atoms. The average Bonchev–Trinajstić information content (AvgIpc) is 3.40. The van der Waals surface area contributed by atoms with E-state index in [1.54, 1.807) is 32.2 Å². The van der Waals surface area contributed by atoms with Gasteiger partial charge in [0.2, 0.25) is 10.0 Å². The van der Waals surface area contributed by atoms with E-state index in [1.807, 2.05) is 6.07 Å². The van der Waals surface area contributed by atoms with Crippen molar-refractivity contribution < 1.29 is 8.42 Å². The summed E-state index contributed by atoms with van der Waals surface area (Å²) in [4.78, 5) is 12.4. The van der Waals surface area contributed by atoms with Gasteiger partial charge in [0.05, 0.1) is 26.8 Å². The molecule has 2 N–H and O–H groups in total. The fourth-order valence-corrected chi connectivity index (χ4v) is 5.63. The van der Waals surface area contributed by atoms with Crippen LogP contribution in [0.2, 0.25) is 5.02 Å². The Bertz CT molecular complexity index is 1110. The molecule has 0 atom stereocenters. The normalized spacial score (nSPS) is 15.1. The van der Waals surface area contributed by atoms with Crippen LogP contribution in [0, 0.1) is 10.5 Å². The molecule has 1 aromatic heterocycles. The van der Waals surface area contributed by atoms with Crippen LogP contribution in [-0.4, -0.2) is 17.7 Å². The van der Waals surface area contributed by atoms with Crippen LogP contribution in [0.15, 0.2) is 41.8 Å². The molecule has 0 bridgehead atoms. The maximum Gasteiger partial charge on any atom is 0.255 e. The van der Waals surface area contributed by atoms with Crippen LogP contribution in [0.5, 0.6) is 0 Å². The van der Waals surface area contributed by atoms with E-state index in [0.29, 0.717) is 46.9 Å². The van der Waals surface area contributed by atoms with Gasteiger partial charge in [-0.3, -0.25) is 9.52 Å². The SMILES string of the molecule is C=CCC1(S(=O)(=O)Nc2cn(C)c(=O)c(C)c2Nc2ccc(I)cc2Cl)CC1. The lowest BCUT2D eigenvalue weighted by atomic mass is 10.2. The summed E-state index contributed by atoms with van der Waals surface area (Å²) in [5.74, 6) is 0. The van der Waals surface area contributed by atoms with Crippen molar-refractivity contribution in [3.63, 3.8) is 0 Å². The van der Waals surface area contributed by atoms with E-state index >= 15 is 0 Å². The number of aryl methyl sites for hydroxylation is 1. The quantitative estimate of drug-likeness (QED) is 0.404. The van der Waals surface area contributed by atoms with Crippen LogP contribution in [-0.2, 0) is 17.1 Å². The summed E-state index contributed by atoms with van der Waals surface area (Å²) >= 11 is 8.46. The largest absolute Gasteiger partial charge is 0.352 e. The molecule has 0 amide bonds. The number of rotatable bonds is 7. The van der Waals surface area contributed by atoms with Gasteiger partial charge in [0.15, 0.2) is 0 Å². The zero-order chi connectivity index (χ0) is 20.7. The number of nitrogens with one attached hydrogen (secondary N) is 2. The Morgan fingerprint density at radius 1 is 1.36 bits per heavy atom. The van der Waals surface area contributed by atoms with Gasteiger partial charge in [-0.15, -0.1) is 6.58 Å². The number of pyridine rings is 1. The second-order valence-corrected chi connectivity index (χ2v) is 10.7. The summed E-state index contributed by atoms with van der Waals surface area (Å²) in [6.45, 7) is 5.32. The van der Waals surface area contributed by atoms with E-state index in [4.69, 9.17) is 11.6 Å². The maximum atomic E-state index is 13.0. The smallest absolute Gasteiger partial charge is 0.255 e. The van der Waals surface area contributed by atoms with Crippen molar-refractivity contribution in [1.82, 2.24) is 4.57 Å². The highest BCUT2D eigenvalue weighted by Crippen LogP contribution is 2.47. The zero-order valence-corrected chi connectivity index (χ0v) is 19.3. The van der Waals surface area contributed by atoms with Crippen molar-refractivity contribution in [3.05, 3.63) is 61.6 Å². The molecule has 3 rings (SSSR count). The van der Waals surface area contributed by atoms with Gasteiger partial charge in [-0.05, 0) is 67.0 Å². The number of benzene rings is 1. The van der Waals surface area contributed by atoms with E-state index in [2.05, 4.69) is 39.2 Å². The van der Waals surface area contributed by atoms with Crippen molar-refractivity contribution in [2.45, 2.75) is 30.9 Å². The lowest BCUT2D eigenvalue weighted by Gasteiger charge is -2.21. The molecule has 6 nitrogen and oxygen atoms in total. The number of hydrogen-bond acceptors (Lipinski definition) is 4. The second-order valence-electron chi connectivity index (χ2n) is 6.99. The topological polar surface area (TPSA) is 80.2 Å². The summed E-state index contributed by atoms with van der Waals surface area (Å²) in [5.41, 5.74) is 1.46. The van der Waals surface area contributed by atoms with Crippen LogP contribution >= 0.6 is 34.2 Å². The summed E-state index contributed by atoms with van der Waals surface area (Å²) in [6, 6.07) is 5.45. The molecule has 1 aliphatic carbocycles. The maximum absolute atomic E-state index is 13.0. The Kier molecular flexibility index (Phi) is 5.84. The summed E-state index contributed by atoms with van der Waals surface area (Å²) in [6.07, 6.45) is 4.68. The van der Waals surface area contributed by atoms with Gasteiger partial charge < -0.3 is 9.88 Å². The first-order valence-corrected chi connectivity index (χ1v) is 11.6. The number of nitrogens with zero attached hydrogens (tertiary/aromatic N) is 1. The van der Waals surface area contributed by atoms with Crippen molar-refractivity contribution in [2.75, 3.05) is 10.0 Å². The van der Waals surface area contributed by atoms with Gasteiger partial charge in [0, 0.05) is 22.4 Å². The molecular formula is C19H21ClIN3O3S. The molecule has 1 aliphatic rings. The molecule has 150 valence electrons. The van der Waals surface area contributed by atoms with Gasteiger partial charge in [0.25, 0.3) is 5.56 Å². The Balaban J connectivity index is 2.06. The summed E-state index contributed by atoms with van der Waals surface area (Å²) in [5, 5.41) is 3.61. The fourth-order valence-electron chi connectivity index (χ4n) is 3.09. The Morgan fingerprint density at radius 3 is 2.61 bits per heavy atom. The first kappa shape index (κ1) is 21.2. The van der Waals surface area contributed by atoms with Crippen LogP contribution in [0.25, 0.3) is 0 Å². The minimum atomic E-state index is -3.65. The van der Waals surface area contributed by atoms with Gasteiger partial charge in [-0.25, -0.2) is 8.42 Å². The summed E-state index contributed by atoms with van der Waals surface area (Å²) in [7, 11) is -2.06. The van der Waals surface area contributed by atoms with Gasteiger partial charge >= 0.3 is 0 Å². The second kappa shape index (κ2) is 7.72. The zero-order valence-electron chi connectivity index (χ0n) is 15.6. The van der Waals surface area contributed by atoms with Gasteiger partial charge in [-0.2, -0.15) is 0 Å². The van der Waals surface area contributed by atoms with Gasteiger partial charge in [0.1, 0.15) is 0 Å². The first-order valence-electron chi connectivity index (χ1n) is 8.66. The number of allylic oxidation sites excluding steroid dienone is 1. The molecule has 28 heavy (non-hydrogen) atoms. The molecule has 9 heteroatoms. The van der Waals surface area contributed by atoms with E-state index in [-0.39, 0.29) is 5.56 Å². The number of hydrogen-bond donors (Lipinski definition) is 2. The van der Waals surface area contributed by atoms with Gasteiger partial charge in [-0.1, -0.05) is 17.7 Å². The average molecular weight is 534 g/mol. The number of aromatic nitrogens is 1. The van der Waals surface area contributed by atoms with Crippen LogP contribution in [0.3, 0.4) is 0 Å². The highest BCUT2D eigenvalue weighted by molar-refractivity contribution is 14.1. The van der Waals surface area contributed by atoms with Crippen LogP contribution in [0.1, 0.15) is 24.8 Å². The third kappa shape index (κ3) is 3.95. The van der Waals surface area contributed by atoms with Crippen LogP contribution in [0.4, 0.5) is 17.1 Å². The Hall–Kier alpha value is -1.52. The Morgan fingerprint density at radius 2 is 2.04 bits per heavy atom. The molecule has 1 aromatic carbocycles. The predicted molar refractivity (Wildman–Crippen MR) is 123 cm³/mol. The number of halogens is 2. The van der Waals surface area contributed by atoms with Crippen molar-refractivity contribution in [3.8, 4) is 0 Å². The number of sulfonamides is 1. The van der Waals surface area contributed by atoms with E-state index in [0.717, 1.165) is 3.57 Å². The Labute approximate surface area is 183 Å². The molecule has 0 unspecified atom stereocenters. The molecule has 0 aliphatic heterocycles. The molecule has 1 saturated carbocycles. The van der Waals surface area contributed by atoms with Crippen molar-refractivity contribution >= 4 is 61.3 Å². The highest BCUT2D eigenvalue weighted by Gasteiger charge is 2.53. The monoisotopic (exact) mass is 533 g/mol. The third-order valence-electron chi connectivity index (χ3n) is 4.94. The minimum absolute atomic E-state index is 0.223.